The number of rotatable bonds is 15. The molecule has 0 radical (unpaired) electrons. The van der Waals surface area contributed by atoms with Crippen molar-refractivity contribution in [1.29, 1.82) is 0 Å². The lowest BCUT2D eigenvalue weighted by Crippen LogP contribution is -2.16. The molecule has 0 fully saturated rings. The second-order valence-electron chi connectivity index (χ2n) is 7.19. The van der Waals surface area contributed by atoms with E-state index in [4.69, 9.17) is 19.9 Å². The van der Waals surface area contributed by atoms with Crippen molar-refractivity contribution in [2.45, 2.75) is 6.54 Å². The molecule has 0 spiro atoms. The highest BCUT2D eigenvalue weighted by molar-refractivity contribution is 5.77. The molecule has 10 heteroatoms. The molecule has 0 amide bonds. The number of hydrogen-bond acceptors (Lipinski definition) is 10. The minimum absolute atomic E-state index is 0.404. The molecule has 0 atom stereocenters. The van der Waals surface area contributed by atoms with Crippen LogP contribution in [0.3, 0.4) is 0 Å². The average molecular weight is 467 g/mol. The number of nitrogens with zero attached hydrogens (tertiary/aromatic N) is 3. The number of benzene rings is 2. The lowest BCUT2D eigenvalue weighted by atomic mass is 10.1. The SMILES string of the molecule is COc1ccc(CNc2nc(NCCOCCOCCN)nc(-c3cccc(C=O)c3)n2)cc1. The number of carbonyl (C=O) groups is 1. The summed E-state index contributed by atoms with van der Waals surface area (Å²) in [6.45, 7) is 3.49. The first-order chi connectivity index (χ1) is 16.7. The van der Waals surface area contributed by atoms with E-state index in [1.165, 1.54) is 0 Å². The Labute approximate surface area is 198 Å². The maximum atomic E-state index is 11.2. The summed E-state index contributed by atoms with van der Waals surface area (Å²) in [6, 6.07) is 14.8. The van der Waals surface area contributed by atoms with E-state index in [0.717, 1.165) is 23.2 Å². The van der Waals surface area contributed by atoms with E-state index in [1.54, 1.807) is 25.3 Å². The van der Waals surface area contributed by atoms with Crippen LogP contribution in [0.4, 0.5) is 11.9 Å². The quantitative estimate of drug-likeness (QED) is 0.226. The number of nitrogens with one attached hydrogen (secondary N) is 2. The van der Waals surface area contributed by atoms with Crippen molar-refractivity contribution in [2.75, 3.05) is 57.3 Å². The number of anilines is 2. The first-order valence-corrected chi connectivity index (χ1v) is 11.0. The van der Waals surface area contributed by atoms with Gasteiger partial charge in [-0.3, -0.25) is 4.79 Å². The average Bonchev–Trinajstić information content (AvgIpc) is 2.89. The number of hydrogen-bond donors (Lipinski definition) is 3. The highest BCUT2D eigenvalue weighted by atomic mass is 16.5. The zero-order chi connectivity index (χ0) is 24.0. The molecule has 2 aromatic carbocycles. The van der Waals surface area contributed by atoms with Crippen molar-refractivity contribution in [3.05, 3.63) is 59.7 Å². The lowest BCUT2D eigenvalue weighted by Gasteiger charge is -2.11. The van der Waals surface area contributed by atoms with Crippen LogP contribution in [-0.4, -0.2) is 67.9 Å². The Morgan fingerprint density at radius 3 is 2.35 bits per heavy atom. The Balaban J connectivity index is 1.67. The predicted octanol–water partition coefficient (Wildman–Crippen LogP) is 2.38. The van der Waals surface area contributed by atoms with Gasteiger partial charge in [0.25, 0.3) is 0 Å². The molecule has 0 aliphatic carbocycles. The van der Waals surface area contributed by atoms with Gasteiger partial charge in [-0.25, -0.2) is 0 Å². The molecule has 1 heterocycles. The Morgan fingerprint density at radius 2 is 1.65 bits per heavy atom. The Hall–Kier alpha value is -3.60. The fourth-order valence-corrected chi connectivity index (χ4v) is 2.98. The van der Waals surface area contributed by atoms with Gasteiger partial charge in [0.1, 0.15) is 12.0 Å². The maximum absolute atomic E-state index is 11.2. The molecule has 180 valence electrons. The Bertz CT molecular complexity index is 1030. The Kier molecular flexibility index (Phi) is 10.2. The van der Waals surface area contributed by atoms with Crippen LogP contribution in [-0.2, 0) is 16.0 Å². The summed E-state index contributed by atoms with van der Waals surface area (Å²) in [7, 11) is 1.63. The van der Waals surface area contributed by atoms with Gasteiger partial charge in [0.15, 0.2) is 5.82 Å². The van der Waals surface area contributed by atoms with Gasteiger partial charge in [-0.1, -0.05) is 30.3 Å². The summed E-state index contributed by atoms with van der Waals surface area (Å²) >= 11 is 0. The summed E-state index contributed by atoms with van der Waals surface area (Å²) in [6.07, 6.45) is 0.793. The molecular formula is C24H30N6O4. The number of nitrogens with two attached hydrogens (primary N) is 1. The molecule has 0 saturated heterocycles. The van der Waals surface area contributed by atoms with Crippen LogP contribution in [0.25, 0.3) is 11.4 Å². The van der Waals surface area contributed by atoms with Gasteiger partial charge in [-0.15, -0.1) is 0 Å². The molecule has 4 N–H and O–H groups in total. The smallest absolute Gasteiger partial charge is 0.228 e. The normalized spacial score (nSPS) is 10.6. The van der Waals surface area contributed by atoms with Crippen molar-refractivity contribution >= 4 is 18.2 Å². The van der Waals surface area contributed by atoms with Crippen LogP contribution in [0.2, 0.25) is 0 Å². The number of aromatic nitrogens is 3. The zero-order valence-electron chi connectivity index (χ0n) is 19.2. The standard InChI is InChI=1S/C24H30N6O4/c1-32-21-7-5-18(6-8-21)16-27-24-29-22(20-4-2-3-19(15-20)17-31)28-23(30-24)26-10-12-34-14-13-33-11-9-25/h2-8,15,17H,9-14,16,25H2,1H3,(H2,26,27,28,29,30). The fourth-order valence-electron chi connectivity index (χ4n) is 2.98. The molecule has 3 rings (SSSR count). The van der Waals surface area contributed by atoms with Crippen LogP contribution >= 0.6 is 0 Å². The van der Waals surface area contributed by atoms with Gasteiger partial charge in [0, 0.05) is 30.8 Å². The second-order valence-corrected chi connectivity index (χ2v) is 7.19. The summed E-state index contributed by atoms with van der Waals surface area (Å²) < 4.78 is 16.0. The third-order valence-electron chi connectivity index (χ3n) is 4.69. The van der Waals surface area contributed by atoms with E-state index in [0.29, 0.717) is 69.3 Å². The first kappa shape index (κ1) is 25.0. The predicted molar refractivity (Wildman–Crippen MR) is 130 cm³/mol. The molecule has 1 aromatic heterocycles. The molecule has 0 bridgehead atoms. The second kappa shape index (κ2) is 13.8. The van der Waals surface area contributed by atoms with E-state index in [2.05, 4.69) is 25.6 Å². The highest BCUT2D eigenvalue weighted by Gasteiger charge is 2.10. The third-order valence-corrected chi connectivity index (χ3v) is 4.69. The first-order valence-electron chi connectivity index (χ1n) is 11.0. The van der Waals surface area contributed by atoms with E-state index in [9.17, 15) is 4.79 Å². The van der Waals surface area contributed by atoms with E-state index >= 15 is 0 Å². The monoisotopic (exact) mass is 466 g/mol. The van der Waals surface area contributed by atoms with Gasteiger partial charge in [0.05, 0.1) is 33.5 Å². The number of aldehydes is 1. The molecule has 3 aromatic rings. The largest absolute Gasteiger partial charge is 0.497 e. The van der Waals surface area contributed by atoms with Crippen LogP contribution < -0.4 is 21.1 Å². The van der Waals surface area contributed by atoms with Crippen molar-refractivity contribution in [2.24, 2.45) is 5.73 Å². The van der Waals surface area contributed by atoms with E-state index < -0.39 is 0 Å². The third kappa shape index (κ3) is 8.07. The molecule has 0 saturated carbocycles. The van der Waals surface area contributed by atoms with E-state index in [1.807, 2.05) is 30.3 Å². The number of carbonyl (C=O) groups excluding carboxylic acids is 1. The van der Waals surface area contributed by atoms with Crippen LogP contribution in [0, 0.1) is 0 Å². The van der Waals surface area contributed by atoms with Gasteiger partial charge >= 0.3 is 0 Å². The van der Waals surface area contributed by atoms with Crippen LogP contribution in [0.15, 0.2) is 48.5 Å². The number of methoxy groups -OCH3 is 1. The molecule has 0 aliphatic heterocycles. The summed E-state index contributed by atoms with van der Waals surface area (Å²) in [5.74, 6) is 2.06. The number of ether oxygens (including phenoxy) is 3. The van der Waals surface area contributed by atoms with Crippen LogP contribution in [0.5, 0.6) is 5.75 Å². The van der Waals surface area contributed by atoms with Crippen LogP contribution in [0.1, 0.15) is 15.9 Å². The molecule has 34 heavy (non-hydrogen) atoms. The van der Waals surface area contributed by atoms with Crippen molar-refractivity contribution < 1.29 is 19.0 Å². The summed E-state index contributed by atoms with van der Waals surface area (Å²) in [4.78, 5) is 24.7. The van der Waals surface area contributed by atoms with Gasteiger partial charge < -0.3 is 30.6 Å². The van der Waals surface area contributed by atoms with Crippen molar-refractivity contribution in [3.63, 3.8) is 0 Å². The maximum Gasteiger partial charge on any atom is 0.228 e. The minimum Gasteiger partial charge on any atom is -0.497 e. The summed E-state index contributed by atoms with van der Waals surface area (Å²) in [5, 5.41) is 6.40. The molecule has 0 aliphatic rings. The van der Waals surface area contributed by atoms with Crippen molar-refractivity contribution in [3.8, 4) is 17.1 Å². The van der Waals surface area contributed by atoms with Crippen molar-refractivity contribution in [1.82, 2.24) is 15.0 Å². The van der Waals surface area contributed by atoms with Gasteiger partial charge in [0.2, 0.25) is 11.9 Å². The molecule has 0 unspecified atom stereocenters. The minimum atomic E-state index is 0.404. The van der Waals surface area contributed by atoms with E-state index in [-0.39, 0.29) is 0 Å². The summed E-state index contributed by atoms with van der Waals surface area (Å²) in [5.41, 5.74) is 7.69. The Morgan fingerprint density at radius 1 is 0.912 bits per heavy atom. The highest BCUT2D eigenvalue weighted by Crippen LogP contribution is 2.19. The van der Waals surface area contributed by atoms with Gasteiger partial charge in [-0.05, 0) is 23.8 Å². The zero-order valence-corrected chi connectivity index (χ0v) is 19.2. The molecule has 10 nitrogen and oxygen atoms in total. The van der Waals surface area contributed by atoms with Gasteiger partial charge in [-0.2, -0.15) is 15.0 Å². The molecular weight excluding hydrogens is 436 g/mol. The lowest BCUT2D eigenvalue weighted by molar-refractivity contribution is 0.0547. The fraction of sp³-hybridized carbons (Fsp3) is 0.333. The topological polar surface area (TPSA) is 134 Å².